The van der Waals surface area contributed by atoms with Gasteiger partial charge in [-0.05, 0) is 18.4 Å². The number of β-amino-alcohol motifs (C(OH)–C–C–N with tert-alkyl or cyclic N) is 1. The molecule has 0 radical (unpaired) electrons. The van der Waals surface area contributed by atoms with Gasteiger partial charge in [-0.3, -0.25) is 4.90 Å². The molecule has 0 unspecified atom stereocenters. The highest BCUT2D eigenvalue weighted by molar-refractivity contribution is 5.74. The molecule has 2 N–H and O–H groups in total. The lowest BCUT2D eigenvalue weighted by molar-refractivity contribution is 0.122. The Morgan fingerprint density at radius 1 is 1.14 bits per heavy atom. The average Bonchev–Trinajstić information content (AvgIpc) is 2.53. The second-order valence-electron chi connectivity index (χ2n) is 5.37. The second-order valence-corrected chi connectivity index (χ2v) is 5.37. The van der Waals surface area contributed by atoms with Gasteiger partial charge in [-0.25, -0.2) is 4.79 Å². The summed E-state index contributed by atoms with van der Waals surface area (Å²) in [4.78, 5) is 16.1. The number of carbonyl (C=O) groups is 1. The molecule has 1 fully saturated rings. The minimum atomic E-state index is 0.0340. The van der Waals surface area contributed by atoms with Crippen LogP contribution in [-0.2, 0) is 6.42 Å². The van der Waals surface area contributed by atoms with E-state index in [1.54, 1.807) is 0 Å². The molecule has 0 aliphatic carbocycles. The minimum Gasteiger partial charge on any atom is -0.395 e. The van der Waals surface area contributed by atoms with E-state index in [4.69, 9.17) is 5.11 Å². The number of nitrogens with zero attached hydrogens (tertiary/aromatic N) is 2. The third-order valence-corrected chi connectivity index (χ3v) is 3.84. The minimum absolute atomic E-state index is 0.0340. The van der Waals surface area contributed by atoms with Crippen molar-refractivity contribution in [2.45, 2.75) is 12.8 Å². The first kappa shape index (κ1) is 15.8. The van der Waals surface area contributed by atoms with Crippen LogP contribution in [0.5, 0.6) is 0 Å². The summed E-state index contributed by atoms with van der Waals surface area (Å²) in [6.45, 7) is 4.77. The lowest BCUT2D eigenvalue weighted by Gasteiger charge is -2.34. The number of aliphatic hydroxyl groups is 1. The molecule has 1 saturated heterocycles. The number of carbonyl (C=O) groups excluding carboxylic acids is 1. The van der Waals surface area contributed by atoms with Crippen LogP contribution in [0.4, 0.5) is 4.79 Å². The van der Waals surface area contributed by atoms with Gasteiger partial charge in [-0.15, -0.1) is 0 Å². The van der Waals surface area contributed by atoms with Crippen molar-refractivity contribution in [2.75, 3.05) is 45.9 Å². The zero-order valence-corrected chi connectivity index (χ0v) is 12.5. The maximum absolute atomic E-state index is 12.0. The number of nitrogens with one attached hydrogen (secondary N) is 1. The van der Waals surface area contributed by atoms with Gasteiger partial charge in [0.05, 0.1) is 6.61 Å². The van der Waals surface area contributed by atoms with Gasteiger partial charge in [0.25, 0.3) is 0 Å². The summed E-state index contributed by atoms with van der Waals surface area (Å²) < 4.78 is 0. The van der Waals surface area contributed by atoms with Crippen molar-refractivity contribution in [3.05, 3.63) is 35.9 Å². The molecule has 1 aromatic rings. The third-order valence-electron chi connectivity index (χ3n) is 3.84. The van der Waals surface area contributed by atoms with E-state index in [9.17, 15) is 4.79 Å². The molecule has 0 bridgehead atoms. The highest BCUT2D eigenvalue weighted by Gasteiger charge is 2.19. The van der Waals surface area contributed by atoms with Crippen LogP contribution >= 0.6 is 0 Å². The number of benzene rings is 1. The maximum atomic E-state index is 12.0. The molecule has 5 heteroatoms. The van der Waals surface area contributed by atoms with Crippen LogP contribution in [0.3, 0.4) is 0 Å². The number of hydrogen-bond donors (Lipinski definition) is 2. The quantitative estimate of drug-likeness (QED) is 0.767. The van der Waals surface area contributed by atoms with Crippen LogP contribution < -0.4 is 5.32 Å². The Hall–Kier alpha value is -1.59. The summed E-state index contributed by atoms with van der Waals surface area (Å²) in [5, 5.41) is 11.9. The fraction of sp³-hybridized carbons (Fsp3) is 0.562. The Balaban J connectivity index is 1.60. The molecule has 0 atom stereocenters. The van der Waals surface area contributed by atoms with E-state index in [2.05, 4.69) is 22.3 Å². The topological polar surface area (TPSA) is 55.8 Å². The average molecular weight is 291 g/mol. The molecule has 2 amide bonds. The van der Waals surface area contributed by atoms with Gasteiger partial charge in [0.15, 0.2) is 0 Å². The summed E-state index contributed by atoms with van der Waals surface area (Å²) in [5.41, 5.74) is 1.31. The smallest absolute Gasteiger partial charge is 0.317 e. The number of aryl methyl sites for hydroxylation is 1. The number of urea groups is 1. The van der Waals surface area contributed by atoms with Crippen LogP contribution in [0.15, 0.2) is 30.3 Å². The third kappa shape index (κ3) is 5.36. The van der Waals surface area contributed by atoms with E-state index < -0.39 is 0 Å². The zero-order valence-electron chi connectivity index (χ0n) is 12.5. The Labute approximate surface area is 126 Å². The van der Waals surface area contributed by atoms with E-state index in [-0.39, 0.29) is 12.6 Å². The van der Waals surface area contributed by atoms with Crippen molar-refractivity contribution in [3.63, 3.8) is 0 Å². The molecule has 116 valence electrons. The zero-order chi connectivity index (χ0) is 14.9. The molecule has 21 heavy (non-hydrogen) atoms. The number of amides is 2. The first-order valence-electron chi connectivity index (χ1n) is 7.69. The summed E-state index contributed by atoms with van der Waals surface area (Å²) in [6.07, 6.45) is 1.95. The molecular formula is C16H25N3O2. The Morgan fingerprint density at radius 2 is 1.86 bits per heavy atom. The summed E-state index contributed by atoms with van der Waals surface area (Å²) in [7, 11) is 0. The largest absolute Gasteiger partial charge is 0.395 e. The van der Waals surface area contributed by atoms with E-state index in [1.807, 2.05) is 23.1 Å². The fourth-order valence-corrected chi connectivity index (χ4v) is 2.56. The monoisotopic (exact) mass is 291 g/mol. The predicted molar refractivity (Wildman–Crippen MR) is 83.3 cm³/mol. The van der Waals surface area contributed by atoms with Gasteiger partial charge in [-0.2, -0.15) is 0 Å². The SMILES string of the molecule is O=C(NCCCc1ccccc1)N1CCN(CCO)CC1. The number of hydrogen-bond acceptors (Lipinski definition) is 3. The Kier molecular flexibility index (Phi) is 6.50. The first-order chi connectivity index (χ1) is 10.3. The second kappa shape index (κ2) is 8.64. The van der Waals surface area contributed by atoms with Crippen molar-refractivity contribution in [1.29, 1.82) is 0 Å². The van der Waals surface area contributed by atoms with Crippen molar-refractivity contribution < 1.29 is 9.90 Å². The van der Waals surface area contributed by atoms with Crippen molar-refractivity contribution in [2.24, 2.45) is 0 Å². The van der Waals surface area contributed by atoms with Gasteiger partial charge >= 0.3 is 6.03 Å². The molecule has 0 saturated carbocycles. The van der Waals surface area contributed by atoms with Crippen molar-refractivity contribution in [3.8, 4) is 0 Å². The number of aliphatic hydroxyl groups excluding tert-OH is 1. The van der Waals surface area contributed by atoms with Crippen LogP contribution in [0.1, 0.15) is 12.0 Å². The maximum Gasteiger partial charge on any atom is 0.317 e. The molecule has 5 nitrogen and oxygen atoms in total. The van der Waals surface area contributed by atoms with Gasteiger partial charge in [-0.1, -0.05) is 30.3 Å². The molecule has 0 spiro atoms. The predicted octanol–water partition coefficient (Wildman–Crippen LogP) is 0.939. The van der Waals surface area contributed by atoms with E-state index in [1.165, 1.54) is 5.56 Å². The normalized spacial score (nSPS) is 16.0. The highest BCUT2D eigenvalue weighted by atomic mass is 16.3. The van der Waals surface area contributed by atoms with E-state index >= 15 is 0 Å². The Bertz CT molecular complexity index is 417. The molecule has 0 aromatic heterocycles. The van der Waals surface area contributed by atoms with E-state index in [0.29, 0.717) is 13.1 Å². The Morgan fingerprint density at radius 3 is 2.52 bits per heavy atom. The molecule has 1 aliphatic heterocycles. The van der Waals surface area contributed by atoms with Gasteiger partial charge in [0.1, 0.15) is 0 Å². The van der Waals surface area contributed by atoms with Gasteiger partial charge in [0, 0.05) is 39.3 Å². The summed E-state index contributed by atoms with van der Waals surface area (Å²) >= 11 is 0. The van der Waals surface area contributed by atoms with Crippen LogP contribution in [0, 0.1) is 0 Å². The van der Waals surface area contributed by atoms with Crippen molar-refractivity contribution in [1.82, 2.24) is 15.1 Å². The molecule has 1 aliphatic rings. The fourth-order valence-electron chi connectivity index (χ4n) is 2.56. The lowest BCUT2D eigenvalue weighted by Crippen LogP contribution is -2.52. The summed E-state index contributed by atoms with van der Waals surface area (Å²) in [6, 6.07) is 10.4. The standard InChI is InChI=1S/C16H25N3O2/c20-14-13-18-9-11-19(12-10-18)16(21)17-8-4-7-15-5-2-1-3-6-15/h1-3,5-6,20H,4,7-14H2,(H,17,21). The van der Waals surface area contributed by atoms with Crippen LogP contribution in [0.25, 0.3) is 0 Å². The van der Waals surface area contributed by atoms with Crippen LogP contribution in [0.2, 0.25) is 0 Å². The lowest BCUT2D eigenvalue weighted by atomic mass is 10.1. The van der Waals surface area contributed by atoms with E-state index in [0.717, 1.165) is 39.0 Å². The number of piperazine rings is 1. The van der Waals surface area contributed by atoms with Gasteiger partial charge < -0.3 is 15.3 Å². The first-order valence-corrected chi connectivity index (χ1v) is 7.69. The highest BCUT2D eigenvalue weighted by Crippen LogP contribution is 2.03. The molecule has 2 rings (SSSR count). The summed E-state index contributed by atoms with van der Waals surface area (Å²) in [5.74, 6) is 0. The molecule has 1 aromatic carbocycles. The molecule has 1 heterocycles. The number of rotatable bonds is 6. The van der Waals surface area contributed by atoms with Crippen LogP contribution in [-0.4, -0.2) is 66.8 Å². The molecular weight excluding hydrogens is 266 g/mol. The van der Waals surface area contributed by atoms with Gasteiger partial charge in [0.2, 0.25) is 0 Å². The van der Waals surface area contributed by atoms with Crippen molar-refractivity contribution >= 4 is 6.03 Å².